The van der Waals surface area contributed by atoms with E-state index < -0.39 is 6.03 Å². The summed E-state index contributed by atoms with van der Waals surface area (Å²) in [6.07, 6.45) is 3.04. The second-order valence-corrected chi connectivity index (χ2v) is 7.71. The molecule has 2 heterocycles. The first-order valence-electron chi connectivity index (χ1n) is 8.06. The zero-order valence-electron chi connectivity index (χ0n) is 13.4. The van der Waals surface area contributed by atoms with Crippen molar-refractivity contribution in [2.24, 2.45) is 0 Å². The van der Waals surface area contributed by atoms with Gasteiger partial charge < -0.3 is 5.32 Å². The molecule has 1 aliphatic carbocycles. The van der Waals surface area contributed by atoms with Crippen molar-refractivity contribution in [2.75, 3.05) is 13.1 Å². The van der Waals surface area contributed by atoms with Crippen LogP contribution in [-0.4, -0.2) is 36.0 Å². The SMILES string of the molecule is O=C(CN(Cc1ccsc1)C1CC1)NC(=O)NCCc1cccs1. The molecule has 0 atom stereocenters. The van der Waals surface area contributed by atoms with Gasteiger partial charge in [-0.25, -0.2) is 4.79 Å². The third-order valence-electron chi connectivity index (χ3n) is 3.87. The molecular formula is C17H21N3O2S2. The van der Waals surface area contributed by atoms with Gasteiger partial charge in [-0.2, -0.15) is 11.3 Å². The first-order valence-corrected chi connectivity index (χ1v) is 9.88. The molecule has 0 saturated heterocycles. The van der Waals surface area contributed by atoms with Gasteiger partial charge in [0.25, 0.3) is 0 Å². The minimum Gasteiger partial charge on any atom is -0.337 e. The van der Waals surface area contributed by atoms with Crippen molar-refractivity contribution in [2.45, 2.75) is 31.8 Å². The molecule has 1 saturated carbocycles. The molecular weight excluding hydrogens is 342 g/mol. The van der Waals surface area contributed by atoms with E-state index in [2.05, 4.69) is 27.0 Å². The van der Waals surface area contributed by atoms with E-state index in [4.69, 9.17) is 0 Å². The second kappa shape index (κ2) is 8.41. The summed E-state index contributed by atoms with van der Waals surface area (Å²) in [7, 11) is 0. The Labute approximate surface area is 149 Å². The highest BCUT2D eigenvalue weighted by Gasteiger charge is 2.30. The van der Waals surface area contributed by atoms with E-state index in [1.807, 2.05) is 22.9 Å². The largest absolute Gasteiger partial charge is 0.337 e. The zero-order valence-corrected chi connectivity index (χ0v) is 15.0. The zero-order chi connectivity index (χ0) is 16.8. The molecule has 0 unspecified atom stereocenters. The minimum atomic E-state index is -0.414. The molecule has 5 nitrogen and oxygen atoms in total. The number of carbonyl (C=O) groups excluding carboxylic acids is 2. The van der Waals surface area contributed by atoms with E-state index in [1.165, 1.54) is 10.4 Å². The van der Waals surface area contributed by atoms with Gasteiger partial charge in [0.1, 0.15) is 0 Å². The lowest BCUT2D eigenvalue weighted by Crippen LogP contribution is -2.45. The minimum absolute atomic E-state index is 0.245. The van der Waals surface area contributed by atoms with E-state index in [0.29, 0.717) is 12.6 Å². The fraction of sp³-hybridized carbons (Fsp3) is 0.412. The summed E-state index contributed by atoms with van der Waals surface area (Å²) >= 11 is 3.32. The maximum atomic E-state index is 12.1. The van der Waals surface area contributed by atoms with Crippen molar-refractivity contribution < 1.29 is 9.59 Å². The van der Waals surface area contributed by atoms with E-state index in [0.717, 1.165) is 25.8 Å². The lowest BCUT2D eigenvalue weighted by atomic mass is 10.3. The molecule has 7 heteroatoms. The van der Waals surface area contributed by atoms with Crippen LogP contribution in [-0.2, 0) is 17.8 Å². The smallest absolute Gasteiger partial charge is 0.321 e. The van der Waals surface area contributed by atoms with E-state index in [-0.39, 0.29) is 12.5 Å². The number of carbonyl (C=O) groups is 2. The van der Waals surface area contributed by atoms with Crippen molar-refractivity contribution in [1.29, 1.82) is 0 Å². The predicted octanol–water partition coefficient (Wildman–Crippen LogP) is 2.84. The van der Waals surface area contributed by atoms with Crippen LogP contribution in [0, 0.1) is 0 Å². The molecule has 0 radical (unpaired) electrons. The molecule has 1 aliphatic rings. The van der Waals surface area contributed by atoms with E-state index in [1.54, 1.807) is 22.7 Å². The van der Waals surface area contributed by atoms with Crippen LogP contribution >= 0.6 is 22.7 Å². The predicted molar refractivity (Wildman–Crippen MR) is 97.3 cm³/mol. The molecule has 2 aromatic rings. The Morgan fingerprint density at radius 2 is 2.12 bits per heavy atom. The average Bonchev–Trinajstić information content (AvgIpc) is 3.03. The van der Waals surface area contributed by atoms with Gasteiger partial charge in [-0.3, -0.25) is 15.0 Å². The molecule has 0 spiro atoms. The van der Waals surface area contributed by atoms with E-state index >= 15 is 0 Å². The lowest BCUT2D eigenvalue weighted by Gasteiger charge is -2.20. The Balaban J connectivity index is 1.39. The van der Waals surface area contributed by atoms with Gasteiger partial charge >= 0.3 is 6.03 Å². The summed E-state index contributed by atoms with van der Waals surface area (Å²) in [6, 6.07) is 6.16. The van der Waals surface area contributed by atoms with Crippen LogP contribution in [0.25, 0.3) is 0 Å². The number of nitrogens with one attached hydrogen (secondary N) is 2. The molecule has 1 fully saturated rings. The van der Waals surface area contributed by atoms with Crippen LogP contribution in [0.2, 0.25) is 0 Å². The molecule has 0 aliphatic heterocycles. The number of hydrogen-bond acceptors (Lipinski definition) is 5. The normalized spacial score (nSPS) is 13.9. The number of urea groups is 1. The van der Waals surface area contributed by atoms with Crippen LogP contribution in [0.4, 0.5) is 4.79 Å². The quantitative estimate of drug-likeness (QED) is 0.758. The summed E-state index contributed by atoms with van der Waals surface area (Å²) in [6.45, 7) is 1.56. The first-order chi connectivity index (χ1) is 11.7. The van der Waals surface area contributed by atoms with Gasteiger partial charge in [-0.05, 0) is 53.1 Å². The van der Waals surface area contributed by atoms with Crippen molar-refractivity contribution in [3.63, 3.8) is 0 Å². The molecule has 2 N–H and O–H groups in total. The number of thiophene rings is 2. The lowest BCUT2D eigenvalue weighted by molar-refractivity contribution is -0.121. The monoisotopic (exact) mass is 363 g/mol. The number of nitrogens with zero attached hydrogens (tertiary/aromatic N) is 1. The standard InChI is InChI=1S/C17H21N3O2S2/c21-16(19-17(22)18-7-5-15-2-1-8-24-15)11-20(14-3-4-14)10-13-6-9-23-12-13/h1-2,6,8-9,12,14H,3-5,7,10-11H2,(H2,18,19,21,22). The molecule has 3 amide bonds. The highest BCUT2D eigenvalue weighted by Crippen LogP contribution is 2.28. The van der Waals surface area contributed by atoms with Crippen molar-refractivity contribution in [1.82, 2.24) is 15.5 Å². The van der Waals surface area contributed by atoms with E-state index in [9.17, 15) is 9.59 Å². The summed E-state index contributed by atoms with van der Waals surface area (Å²) in [4.78, 5) is 27.3. The third-order valence-corrected chi connectivity index (χ3v) is 5.53. The maximum absolute atomic E-state index is 12.1. The van der Waals surface area contributed by atoms with Crippen LogP contribution < -0.4 is 10.6 Å². The van der Waals surface area contributed by atoms with Gasteiger partial charge in [-0.15, -0.1) is 11.3 Å². The van der Waals surface area contributed by atoms with Crippen molar-refractivity contribution in [3.8, 4) is 0 Å². The summed E-state index contributed by atoms with van der Waals surface area (Å²) in [5.74, 6) is -0.245. The number of imide groups is 1. The number of amides is 3. The van der Waals surface area contributed by atoms with Crippen molar-refractivity contribution >= 4 is 34.6 Å². The summed E-state index contributed by atoms with van der Waals surface area (Å²) < 4.78 is 0. The molecule has 3 rings (SSSR count). The molecule has 0 aromatic carbocycles. The number of hydrogen-bond donors (Lipinski definition) is 2. The van der Waals surface area contributed by atoms with Gasteiger partial charge in [0.15, 0.2) is 0 Å². The fourth-order valence-electron chi connectivity index (χ4n) is 2.52. The van der Waals surface area contributed by atoms with Gasteiger partial charge in [0, 0.05) is 24.0 Å². The highest BCUT2D eigenvalue weighted by molar-refractivity contribution is 7.09. The van der Waals surface area contributed by atoms with Gasteiger partial charge in [-0.1, -0.05) is 6.07 Å². The Hall–Kier alpha value is -1.70. The van der Waals surface area contributed by atoms with Crippen LogP contribution in [0.1, 0.15) is 23.3 Å². The summed E-state index contributed by atoms with van der Waals surface area (Å²) in [5, 5.41) is 11.3. The van der Waals surface area contributed by atoms with Crippen LogP contribution in [0.3, 0.4) is 0 Å². The van der Waals surface area contributed by atoms with Gasteiger partial charge in [0.2, 0.25) is 5.91 Å². The van der Waals surface area contributed by atoms with Gasteiger partial charge in [0.05, 0.1) is 6.54 Å². The first kappa shape index (κ1) is 17.1. The molecule has 128 valence electrons. The third kappa shape index (κ3) is 5.43. The Bertz CT molecular complexity index is 651. The van der Waals surface area contributed by atoms with Crippen LogP contribution in [0.15, 0.2) is 34.3 Å². The Kier molecular flexibility index (Phi) is 6.01. The summed E-state index contributed by atoms with van der Waals surface area (Å²) in [5.41, 5.74) is 1.22. The molecule has 24 heavy (non-hydrogen) atoms. The molecule has 2 aromatic heterocycles. The second-order valence-electron chi connectivity index (χ2n) is 5.90. The Morgan fingerprint density at radius 1 is 1.25 bits per heavy atom. The number of rotatable bonds is 8. The Morgan fingerprint density at radius 3 is 2.79 bits per heavy atom. The maximum Gasteiger partial charge on any atom is 0.321 e. The highest BCUT2D eigenvalue weighted by atomic mass is 32.1. The molecule has 0 bridgehead atoms. The fourth-order valence-corrected chi connectivity index (χ4v) is 3.89. The average molecular weight is 364 g/mol. The van der Waals surface area contributed by atoms with Crippen LogP contribution in [0.5, 0.6) is 0 Å². The van der Waals surface area contributed by atoms with Crippen molar-refractivity contribution in [3.05, 3.63) is 44.8 Å². The topological polar surface area (TPSA) is 61.4 Å².